The molecule has 0 unspecified atom stereocenters. The molecule has 4 aromatic rings. The van der Waals surface area contributed by atoms with E-state index in [1.54, 1.807) is 6.20 Å². The molecule has 0 radical (unpaired) electrons. The van der Waals surface area contributed by atoms with Crippen LogP contribution in [0.1, 0.15) is 15.4 Å². The van der Waals surface area contributed by atoms with Crippen molar-refractivity contribution in [1.82, 2.24) is 25.4 Å². The zero-order valence-corrected chi connectivity index (χ0v) is 17.7. The largest absolute Gasteiger partial charge is 0.490 e. The number of hydrogen-bond acceptors (Lipinski definition) is 6. The van der Waals surface area contributed by atoms with Crippen molar-refractivity contribution in [3.05, 3.63) is 65.4 Å². The van der Waals surface area contributed by atoms with Crippen molar-refractivity contribution in [2.24, 2.45) is 0 Å². The molecular weight excluding hydrogens is 398 g/mol. The van der Waals surface area contributed by atoms with Gasteiger partial charge in [-0.1, -0.05) is 30.3 Å². The second-order valence-corrected chi connectivity index (χ2v) is 8.18. The summed E-state index contributed by atoms with van der Waals surface area (Å²) in [5.41, 5.74) is 3.67. The van der Waals surface area contributed by atoms with Crippen molar-refractivity contribution in [2.75, 3.05) is 27.2 Å². The van der Waals surface area contributed by atoms with E-state index in [0.717, 1.165) is 27.9 Å². The number of benzene rings is 2. The second kappa shape index (κ2) is 9.06. The molecule has 2 aromatic heterocycles. The third-order valence-electron chi connectivity index (χ3n) is 4.58. The number of aromatic amines is 1. The highest BCUT2D eigenvalue weighted by Gasteiger charge is 2.17. The standard InChI is InChI=1S/C22H23N5O2S/c1-27(2)8-9-29-18-10-16(17-13-24-25-14-17)11-19-20(18)26-22(30-19)21(28)23-12-15-6-4-3-5-7-15/h3-7,10-11,13-14H,8-9,12H2,1-2H3,(H,23,28)(H,24,25). The molecule has 30 heavy (non-hydrogen) atoms. The summed E-state index contributed by atoms with van der Waals surface area (Å²) in [5.74, 6) is 0.480. The Kier molecular flexibility index (Phi) is 6.06. The monoisotopic (exact) mass is 421 g/mol. The number of nitrogens with one attached hydrogen (secondary N) is 2. The van der Waals surface area contributed by atoms with Crippen LogP contribution in [0, 0.1) is 0 Å². The molecule has 0 atom stereocenters. The van der Waals surface area contributed by atoms with Gasteiger partial charge in [-0.15, -0.1) is 11.3 Å². The van der Waals surface area contributed by atoms with Gasteiger partial charge in [-0.2, -0.15) is 5.10 Å². The third kappa shape index (κ3) is 4.67. The molecule has 0 aliphatic heterocycles. The fourth-order valence-corrected chi connectivity index (χ4v) is 3.91. The maximum atomic E-state index is 12.7. The molecule has 0 bridgehead atoms. The zero-order valence-electron chi connectivity index (χ0n) is 16.9. The highest BCUT2D eigenvalue weighted by atomic mass is 32.1. The van der Waals surface area contributed by atoms with E-state index in [-0.39, 0.29) is 5.91 Å². The molecule has 0 saturated carbocycles. The summed E-state index contributed by atoms with van der Waals surface area (Å²) in [5, 5.41) is 10.2. The Hall–Kier alpha value is -3.23. The molecule has 7 nitrogen and oxygen atoms in total. The highest BCUT2D eigenvalue weighted by molar-refractivity contribution is 7.20. The maximum absolute atomic E-state index is 12.7. The molecule has 2 N–H and O–H groups in total. The number of H-pyrrole nitrogens is 1. The molecule has 2 heterocycles. The zero-order chi connectivity index (χ0) is 20.9. The van der Waals surface area contributed by atoms with Crippen LogP contribution >= 0.6 is 11.3 Å². The Morgan fingerprint density at radius 2 is 2.03 bits per heavy atom. The lowest BCUT2D eigenvalue weighted by molar-refractivity contribution is 0.0950. The van der Waals surface area contributed by atoms with E-state index in [2.05, 4.69) is 25.4 Å². The summed E-state index contributed by atoms with van der Waals surface area (Å²) >= 11 is 1.36. The summed E-state index contributed by atoms with van der Waals surface area (Å²) in [4.78, 5) is 19.3. The maximum Gasteiger partial charge on any atom is 0.280 e. The van der Waals surface area contributed by atoms with E-state index in [9.17, 15) is 4.79 Å². The minimum absolute atomic E-state index is 0.191. The number of nitrogens with zero attached hydrogens (tertiary/aromatic N) is 3. The number of ether oxygens (including phenoxy) is 1. The molecule has 0 spiro atoms. The lowest BCUT2D eigenvalue weighted by Crippen LogP contribution is -2.22. The van der Waals surface area contributed by atoms with Crippen LogP contribution in [-0.4, -0.2) is 53.2 Å². The van der Waals surface area contributed by atoms with Gasteiger partial charge in [-0.25, -0.2) is 4.98 Å². The normalized spacial score (nSPS) is 11.2. The molecule has 0 fully saturated rings. The van der Waals surface area contributed by atoms with Gasteiger partial charge in [0.15, 0.2) is 5.01 Å². The van der Waals surface area contributed by atoms with Crippen molar-refractivity contribution >= 4 is 27.5 Å². The van der Waals surface area contributed by atoms with Crippen molar-refractivity contribution in [3.8, 4) is 16.9 Å². The van der Waals surface area contributed by atoms with Crippen molar-refractivity contribution in [1.29, 1.82) is 0 Å². The summed E-state index contributed by atoms with van der Waals surface area (Å²) in [6.07, 6.45) is 3.60. The number of carbonyl (C=O) groups excluding carboxylic acids is 1. The molecular formula is C22H23N5O2S. The Labute approximate surface area is 178 Å². The van der Waals surface area contributed by atoms with Gasteiger partial charge in [-0.05, 0) is 37.4 Å². The van der Waals surface area contributed by atoms with Crippen LogP contribution < -0.4 is 10.1 Å². The van der Waals surface area contributed by atoms with Crippen LogP contribution in [0.15, 0.2) is 54.9 Å². The molecule has 2 aromatic carbocycles. The van der Waals surface area contributed by atoms with Crippen LogP contribution in [0.5, 0.6) is 5.75 Å². The van der Waals surface area contributed by atoms with Crippen molar-refractivity contribution < 1.29 is 9.53 Å². The Morgan fingerprint density at radius 1 is 1.20 bits per heavy atom. The van der Waals surface area contributed by atoms with E-state index in [0.29, 0.717) is 29.4 Å². The van der Waals surface area contributed by atoms with Crippen LogP contribution in [0.3, 0.4) is 0 Å². The number of amides is 1. The topological polar surface area (TPSA) is 83.1 Å². The van der Waals surface area contributed by atoms with Gasteiger partial charge in [0, 0.05) is 24.8 Å². The van der Waals surface area contributed by atoms with E-state index in [1.807, 2.05) is 62.8 Å². The summed E-state index contributed by atoms with van der Waals surface area (Å²) in [6.45, 7) is 1.78. The minimum atomic E-state index is -0.191. The quantitative estimate of drug-likeness (QED) is 0.455. The molecule has 1 amide bonds. The molecule has 154 valence electrons. The van der Waals surface area contributed by atoms with Gasteiger partial charge in [0.1, 0.15) is 17.9 Å². The average molecular weight is 422 g/mol. The minimum Gasteiger partial charge on any atom is -0.490 e. The first kappa shape index (κ1) is 20.1. The molecule has 0 aliphatic carbocycles. The number of likely N-dealkylation sites (N-methyl/N-ethyl adjacent to an activating group) is 1. The lowest BCUT2D eigenvalue weighted by atomic mass is 10.1. The van der Waals surface area contributed by atoms with Crippen LogP contribution in [0.25, 0.3) is 21.3 Å². The van der Waals surface area contributed by atoms with Crippen LogP contribution in [0.4, 0.5) is 0 Å². The predicted octanol–water partition coefficient (Wildman–Crippen LogP) is 3.56. The number of carbonyl (C=O) groups is 1. The van der Waals surface area contributed by atoms with Crippen molar-refractivity contribution in [3.63, 3.8) is 0 Å². The number of fused-ring (bicyclic) bond motifs is 1. The molecule has 0 saturated heterocycles. The van der Waals surface area contributed by atoms with E-state index < -0.39 is 0 Å². The first-order valence-corrected chi connectivity index (χ1v) is 10.4. The van der Waals surface area contributed by atoms with Crippen LogP contribution in [-0.2, 0) is 6.54 Å². The van der Waals surface area contributed by atoms with E-state index in [1.165, 1.54) is 11.3 Å². The summed E-state index contributed by atoms with van der Waals surface area (Å²) < 4.78 is 6.93. The van der Waals surface area contributed by atoms with Gasteiger partial charge in [0.05, 0.1) is 10.9 Å². The third-order valence-corrected chi connectivity index (χ3v) is 5.58. The number of rotatable bonds is 8. The van der Waals surface area contributed by atoms with Gasteiger partial charge >= 0.3 is 0 Å². The van der Waals surface area contributed by atoms with E-state index >= 15 is 0 Å². The first-order chi connectivity index (χ1) is 14.6. The summed E-state index contributed by atoms with van der Waals surface area (Å²) in [6, 6.07) is 13.8. The number of aromatic nitrogens is 3. The smallest absolute Gasteiger partial charge is 0.280 e. The Balaban J connectivity index is 1.61. The van der Waals surface area contributed by atoms with Crippen LogP contribution in [0.2, 0.25) is 0 Å². The van der Waals surface area contributed by atoms with Gasteiger partial charge < -0.3 is 15.0 Å². The average Bonchev–Trinajstić information content (AvgIpc) is 3.42. The summed E-state index contributed by atoms with van der Waals surface area (Å²) in [7, 11) is 4.00. The van der Waals surface area contributed by atoms with Crippen molar-refractivity contribution in [2.45, 2.75) is 6.54 Å². The number of thiazole rings is 1. The number of hydrogen-bond donors (Lipinski definition) is 2. The van der Waals surface area contributed by atoms with Gasteiger partial charge in [0.2, 0.25) is 0 Å². The van der Waals surface area contributed by atoms with Gasteiger partial charge in [-0.3, -0.25) is 9.89 Å². The predicted molar refractivity (Wildman–Crippen MR) is 119 cm³/mol. The highest BCUT2D eigenvalue weighted by Crippen LogP contribution is 2.35. The Morgan fingerprint density at radius 3 is 2.77 bits per heavy atom. The molecule has 0 aliphatic rings. The lowest BCUT2D eigenvalue weighted by Gasteiger charge is -2.12. The van der Waals surface area contributed by atoms with E-state index in [4.69, 9.17) is 4.74 Å². The fraction of sp³-hybridized carbons (Fsp3) is 0.227. The fourth-order valence-electron chi connectivity index (χ4n) is 2.97. The molecule has 8 heteroatoms. The SMILES string of the molecule is CN(C)CCOc1cc(-c2cn[nH]c2)cc2sc(C(=O)NCc3ccccc3)nc12. The Bertz CT molecular complexity index is 1120. The second-order valence-electron chi connectivity index (χ2n) is 7.15. The van der Waals surface area contributed by atoms with Gasteiger partial charge in [0.25, 0.3) is 5.91 Å². The first-order valence-electron chi connectivity index (χ1n) is 9.63. The molecule has 4 rings (SSSR count).